The van der Waals surface area contributed by atoms with E-state index in [0.29, 0.717) is 18.5 Å². The number of pyridine rings is 1. The number of amides is 3. The lowest BCUT2D eigenvalue weighted by molar-refractivity contribution is -0.155. The van der Waals surface area contributed by atoms with Crippen molar-refractivity contribution >= 4 is 23.5 Å². The Labute approximate surface area is 329 Å². The molecule has 12 nitrogen and oxygen atoms in total. The van der Waals surface area contributed by atoms with Gasteiger partial charge in [0, 0.05) is 82.8 Å². The number of phenolic OH excluding ortho intramolecular Hbond substituents is 1. The molecule has 0 radical (unpaired) electrons. The summed E-state index contributed by atoms with van der Waals surface area (Å²) in [7, 11) is 0. The van der Waals surface area contributed by atoms with Crippen molar-refractivity contribution in [1.29, 1.82) is 0 Å². The molecule has 4 atom stereocenters. The van der Waals surface area contributed by atoms with Gasteiger partial charge in [-0.3, -0.25) is 24.4 Å². The topological polar surface area (TPSA) is 116 Å². The number of benzene rings is 2. The van der Waals surface area contributed by atoms with E-state index in [9.17, 15) is 19.5 Å². The number of nitrogens with zero attached hydrogens (tertiary/aromatic N) is 7. The van der Waals surface area contributed by atoms with Crippen LogP contribution in [0.1, 0.15) is 43.5 Å². The van der Waals surface area contributed by atoms with Crippen LogP contribution < -0.4 is 10.2 Å². The molecular formula is C43H55FN8O4. The van der Waals surface area contributed by atoms with Crippen LogP contribution >= 0.6 is 0 Å². The summed E-state index contributed by atoms with van der Waals surface area (Å²) in [5.74, 6) is -1.37. The molecule has 13 heteroatoms. The molecule has 3 amide bonds. The monoisotopic (exact) mass is 766 g/mol. The van der Waals surface area contributed by atoms with Gasteiger partial charge in [-0.1, -0.05) is 55.5 Å². The molecule has 4 aliphatic heterocycles. The molecule has 1 aromatic heterocycles. The van der Waals surface area contributed by atoms with Gasteiger partial charge in [0.05, 0.1) is 24.8 Å². The zero-order chi connectivity index (χ0) is 39.3. The SMILES string of the molecule is C=CCN1CC(=O)CCC2[C@@H](Cc3ccc(O)cc3F)C(=O)N(Cc3cccc(N4CC(N5CCN(CC)[C@@H](C)C5)C4)n3)C[C@@H]2N1C(=O)NCc1ccccc1. The standard InChI is InChI=1S/C43H55FN8O4/c1-4-18-51-28-36(54)16-17-37-38(21-32-14-15-35(53)22-39(32)44)42(55)50(29-40(37)52(51)43(56)45-23-31-10-7-6-8-11-31)25-33-12-9-13-41(46-33)49-26-34(27-49)48-20-19-47(5-2)30(3)24-48/h4,6-15,22,30,34,37-38,40,53H,1,5,16-21,23-29H2,2-3H3,(H,45,56)/t30-,37?,38+,40-/m0/s1. The Bertz CT molecular complexity index is 1880. The molecular weight excluding hydrogens is 712 g/mol. The second-order valence-corrected chi connectivity index (χ2v) is 15.8. The highest BCUT2D eigenvalue weighted by Gasteiger charge is 2.49. The summed E-state index contributed by atoms with van der Waals surface area (Å²) in [6.45, 7) is 15.5. The van der Waals surface area contributed by atoms with Crippen molar-refractivity contribution in [3.05, 3.63) is 102 Å². The second kappa shape index (κ2) is 17.5. The maximum atomic E-state index is 15.3. The van der Waals surface area contributed by atoms with E-state index in [-0.39, 0.29) is 74.6 Å². The zero-order valence-corrected chi connectivity index (χ0v) is 32.6. The average molecular weight is 767 g/mol. The van der Waals surface area contributed by atoms with Crippen molar-refractivity contribution in [2.75, 3.05) is 63.8 Å². The predicted molar refractivity (Wildman–Crippen MR) is 213 cm³/mol. The van der Waals surface area contributed by atoms with Gasteiger partial charge in [-0.2, -0.15) is 0 Å². The number of piperidine rings is 1. The molecule has 2 N–H and O–H groups in total. The van der Waals surface area contributed by atoms with Crippen LogP contribution in [0, 0.1) is 17.7 Å². The number of halogens is 1. The van der Waals surface area contributed by atoms with Crippen molar-refractivity contribution in [1.82, 2.24) is 35.0 Å². The number of hydrogen-bond donors (Lipinski definition) is 2. The van der Waals surface area contributed by atoms with Crippen molar-refractivity contribution in [3.63, 3.8) is 0 Å². The number of anilines is 1. The highest BCUT2D eigenvalue weighted by molar-refractivity contribution is 5.84. The normalized spacial score (nSPS) is 24.3. The molecule has 2 aromatic carbocycles. The van der Waals surface area contributed by atoms with E-state index in [2.05, 4.69) is 40.4 Å². The lowest BCUT2D eigenvalue weighted by Crippen LogP contribution is -2.66. The highest BCUT2D eigenvalue weighted by atomic mass is 19.1. The Balaban J connectivity index is 1.16. The zero-order valence-electron chi connectivity index (χ0n) is 32.6. The number of ketones is 1. The minimum Gasteiger partial charge on any atom is -0.508 e. The fourth-order valence-electron chi connectivity index (χ4n) is 9.07. The van der Waals surface area contributed by atoms with Gasteiger partial charge >= 0.3 is 6.03 Å². The molecule has 4 saturated heterocycles. The van der Waals surface area contributed by atoms with Crippen LogP contribution in [0.4, 0.5) is 15.0 Å². The molecule has 1 unspecified atom stereocenters. The van der Waals surface area contributed by atoms with Gasteiger partial charge in [0.15, 0.2) is 0 Å². The molecule has 0 bridgehead atoms. The van der Waals surface area contributed by atoms with Gasteiger partial charge in [-0.15, -0.1) is 6.58 Å². The van der Waals surface area contributed by atoms with E-state index in [4.69, 9.17) is 4.98 Å². The van der Waals surface area contributed by atoms with E-state index >= 15 is 4.39 Å². The van der Waals surface area contributed by atoms with Crippen LogP contribution in [0.25, 0.3) is 0 Å². The maximum Gasteiger partial charge on any atom is 0.332 e. The number of carbonyl (C=O) groups excluding carboxylic acids is 3. The Morgan fingerprint density at radius 2 is 1.84 bits per heavy atom. The number of hydrogen-bond acceptors (Lipinski definition) is 9. The maximum absolute atomic E-state index is 15.3. The first-order valence-electron chi connectivity index (χ1n) is 20.0. The number of rotatable bonds is 11. The summed E-state index contributed by atoms with van der Waals surface area (Å²) in [6.07, 6.45) is 2.31. The van der Waals surface area contributed by atoms with Crippen molar-refractivity contribution < 1.29 is 23.9 Å². The van der Waals surface area contributed by atoms with Crippen molar-refractivity contribution in [3.8, 4) is 5.75 Å². The summed E-state index contributed by atoms with van der Waals surface area (Å²) in [5.41, 5.74) is 1.93. The smallest absolute Gasteiger partial charge is 0.332 e. The highest BCUT2D eigenvalue weighted by Crippen LogP contribution is 2.38. The largest absolute Gasteiger partial charge is 0.508 e. The fraction of sp³-hybridized carbons (Fsp3) is 0.488. The number of fused-ring (bicyclic) bond motifs is 1. The van der Waals surface area contributed by atoms with Crippen molar-refractivity contribution in [2.45, 2.75) is 64.3 Å². The van der Waals surface area contributed by atoms with E-state index in [1.165, 1.54) is 12.1 Å². The van der Waals surface area contributed by atoms with Crippen LogP contribution in [0.2, 0.25) is 0 Å². The van der Waals surface area contributed by atoms with Crippen LogP contribution in [0.15, 0.2) is 79.4 Å². The molecule has 56 heavy (non-hydrogen) atoms. The number of phenols is 1. The number of nitrogens with one attached hydrogen (secondary N) is 1. The van der Waals surface area contributed by atoms with E-state index in [1.54, 1.807) is 21.0 Å². The Kier molecular flexibility index (Phi) is 12.3. The average Bonchev–Trinajstić information content (AvgIpc) is 3.16. The fourth-order valence-corrected chi connectivity index (χ4v) is 9.07. The molecule has 4 fully saturated rings. The Morgan fingerprint density at radius 3 is 2.57 bits per heavy atom. The molecule has 298 valence electrons. The summed E-state index contributed by atoms with van der Waals surface area (Å²) in [6, 6.07) is 19.6. The number of hydrazine groups is 1. The van der Waals surface area contributed by atoms with Crippen LogP contribution in [0.3, 0.4) is 0 Å². The second-order valence-electron chi connectivity index (χ2n) is 15.8. The molecule has 3 aromatic rings. The van der Waals surface area contributed by atoms with E-state index < -0.39 is 23.7 Å². The summed E-state index contributed by atoms with van der Waals surface area (Å²) >= 11 is 0. The first-order chi connectivity index (χ1) is 27.1. The number of carbonyl (C=O) groups is 3. The number of Topliss-reactive ketones (excluding diaryl/α,β-unsaturated/α-hetero) is 1. The third-order valence-electron chi connectivity index (χ3n) is 12.1. The predicted octanol–water partition coefficient (Wildman–Crippen LogP) is 4.30. The number of aromatic nitrogens is 1. The minimum atomic E-state index is -0.747. The number of urea groups is 1. The van der Waals surface area contributed by atoms with Gasteiger partial charge in [0.25, 0.3) is 0 Å². The molecule has 0 saturated carbocycles. The van der Waals surface area contributed by atoms with Crippen molar-refractivity contribution in [2.24, 2.45) is 11.8 Å². The van der Waals surface area contributed by atoms with Gasteiger partial charge in [-0.05, 0) is 61.6 Å². The number of piperazine rings is 1. The molecule has 4 aliphatic rings. The van der Waals surface area contributed by atoms with Crippen LogP contribution in [-0.2, 0) is 29.1 Å². The molecule has 7 rings (SSSR count). The summed E-state index contributed by atoms with van der Waals surface area (Å²) < 4.78 is 15.3. The molecule has 0 aliphatic carbocycles. The van der Waals surface area contributed by atoms with Gasteiger partial charge < -0.3 is 20.2 Å². The molecule has 0 spiro atoms. The quantitative estimate of drug-likeness (QED) is 0.276. The number of likely N-dealkylation sites (tertiary alicyclic amines) is 1. The third-order valence-corrected chi connectivity index (χ3v) is 12.1. The Morgan fingerprint density at radius 1 is 1.04 bits per heavy atom. The third kappa shape index (κ3) is 8.75. The van der Waals surface area contributed by atoms with Gasteiger partial charge in [0.2, 0.25) is 5.91 Å². The first kappa shape index (κ1) is 39.4. The van der Waals surface area contributed by atoms with E-state index in [1.807, 2.05) is 48.5 Å². The number of aromatic hydroxyl groups is 1. The lowest BCUT2D eigenvalue weighted by atomic mass is 9.74. The van der Waals surface area contributed by atoms with Gasteiger partial charge in [0.1, 0.15) is 23.2 Å². The molecule has 5 heterocycles. The van der Waals surface area contributed by atoms with Crippen LogP contribution in [0.5, 0.6) is 5.75 Å². The summed E-state index contributed by atoms with van der Waals surface area (Å²) in [5, 5.41) is 16.4. The number of likely N-dealkylation sites (N-methyl/N-ethyl adjacent to an activating group) is 1. The lowest BCUT2D eigenvalue weighted by Gasteiger charge is -2.51. The Hall–Kier alpha value is -4.85. The minimum absolute atomic E-state index is 0.0207. The van der Waals surface area contributed by atoms with Crippen LogP contribution in [-0.4, -0.2) is 130 Å². The summed E-state index contributed by atoms with van der Waals surface area (Å²) in [4.78, 5) is 56.6. The first-order valence-corrected chi connectivity index (χ1v) is 20.0. The van der Waals surface area contributed by atoms with E-state index in [0.717, 1.165) is 62.4 Å². The van der Waals surface area contributed by atoms with Gasteiger partial charge in [-0.25, -0.2) is 19.2 Å².